The van der Waals surface area contributed by atoms with Crippen molar-refractivity contribution < 1.29 is 0 Å². The highest BCUT2D eigenvalue weighted by Gasteiger charge is 2.26. The second-order valence-corrected chi connectivity index (χ2v) is 3.59. The van der Waals surface area contributed by atoms with Gasteiger partial charge in [-0.3, -0.25) is 0 Å². The summed E-state index contributed by atoms with van der Waals surface area (Å²) in [6, 6.07) is 1.35. The van der Waals surface area contributed by atoms with Gasteiger partial charge >= 0.3 is 0 Å². The van der Waals surface area contributed by atoms with E-state index in [9.17, 15) is 0 Å². The van der Waals surface area contributed by atoms with Crippen molar-refractivity contribution in [2.75, 3.05) is 0 Å². The largest absolute Gasteiger partial charge is 0.360 e. The van der Waals surface area contributed by atoms with Crippen LogP contribution in [-0.4, -0.2) is 17.2 Å². The summed E-state index contributed by atoms with van der Waals surface area (Å²) in [4.78, 5) is 0. The summed E-state index contributed by atoms with van der Waals surface area (Å²) in [5.74, 6) is 0. The second kappa shape index (κ2) is 2.38. The van der Waals surface area contributed by atoms with Crippen LogP contribution in [-0.2, 0) is 0 Å². The maximum absolute atomic E-state index is 5.04. The van der Waals surface area contributed by atoms with Gasteiger partial charge in [0.1, 0.15) is 0 Å². The van der Waals surface area contributed by atoms with E-state index in [0.717, 1.165) is 5.11 Å². The minimum absolute atomic E-state index is 0.674. The average Bonchev–Trinajstić information content (AvgIpc) is 1.85. The molecule has 2 N–H and O–H groups in total. The van der Waals surface area contributed by atoms with E-state index in [1.807, 2.05) is 0 Å². The van der Waals surface area contributed by atoms with Crippen molar-refractivity contribution in [1.29, 1.82) is 0 Å². The average molecular weight is 156 g/mol. The SMILES string of the molecule is S=C1N[C@@H]2CCC[C@@H](C2)N1. The molecule has 2 rings (SSSR count). The summed E-state index contributed by atoms with van der Waals surface area (Å²) in [5, 5.41) is 7.40. The molecule has 2 atom stereocenters. The van der Waals surface area contributed by atoms with Gasteiger partial charge in [0.05, 0.1) is 0 Å². The van der Waals surface area contributed by atoms with E-state index in [4.69, 9.17) is 12.2 Å². The van der Waals surface area contributed by atoms with Gasteiger partial charge < -0.3 is 10.6 Å². The van der Waals surface area contributed by atoms with E-state index in [1.165, 1.54) is 25.7 Å². The van der Waals surface area contributed by atoms with Gasteiger partial charge in [-0.05, 0) is 37.9 Å². The number of hydrogen-bond acceptors (Lipinski definition) is 1. The molecule has 1 saturated carbocycles. The highest BCUT2D eigenvalue weighted by molar-refractivity contribution is 7.80. The first kappa shape index (κ1) is 6.40. The van der Waals surface area contributed by atoms with Crippen LogP contribution in [0.15, 0.2) is 0 Å². The Morgan fingerprint density at radius 1 is 1.20 bits per heavy atom. The van der Waals surface area contributed by atoms with Crippen molar-refractivity contribution in [1.82, 2.24) is 10.6 Å². The van der Waals surface area contributed by atoms with Crippen LogP contribution in [0.5, 0.6) is 0 Å². The maximum atomic E-state index is 5.04. The van der Waals surface area contributed by atoms with Crippen LogP contribution in [0, 0.1) is 0 Å². The molecule has 2 bridgehead atoms. The minimum atomic E-state index is 0.674. The fourth-order valence-electron chi connectivity index (χ4n) is 1.86. The monoisotopic (exact) mass is 156 g/mol. The van der Waals surface area contributed by atoms with E-state index >= 15 is 0 Å². The van der Waals surface area contributed by atoms with Crippen molar-refractivity contribution in [3.8, 4) is 0 Å². The highest BCUT2D eigenvalue weighted by atomic mass is 32.1. The van der Waals surface area contributed by atoms with Crippen LogP contribution >= 0.6 is 12.2 Å². The first-order valence-corrected chi connectivity index (χ1v) is 4.32. The van der Waals surface area contributed by atoms with Crippen molar-refractivity contribution >= 4 is 17.3 Å². The molecular weight excluding hydrogens is 144 g/mol. The molecular formula is C7H12N2S. The zero-order chi connectivity index (χ0) is 6.97. The number of thiocarbonyl (C=S) groups is 1. The second-order valence-electron chi connectivity index (χ2n) is 3.18. The smallest absolute Gasteiger partial charge is 0.166 e. The standard InChI is InChI=1S/C7H12N2S/c10-7-8-5-2-1-3-6(4-5)9-7/h5-6H,1-4H2,(H2,8,9,10)/t5-,6+. The summed E-state index contributed by atoms with van der Waals surface area (Å²) < 4.78 is 0. The van der Waals surface area contributed by atoms with Crippen molar-refractivity contribution in [3.63, 3.8) is 0 Å². The summed E-state index contributed by atoms with van der Waals surface area (Å²) >= 11 is 5.04. The Bertz CT molecular complexity index is 144. The van der Waals surface area contributed by atoms with Gasteiger partial charge in [-0.15, -0.1) is 0 Å². The Hall–Kier alpha value is -0.310. The first-order valence-electron chi connectivity index (χ1n) is 3.91. The van der Waals surface area contributed by atoms with Gasteiger partial charge in [-0.25, -0.2) is 0 Å². The van der Waals surface area contributed by atoms with Gasteiger partial charge in [-0.1, -0.05) is 0 Å². The lowest BCUT2D eigenvalue weighted by Gasteiger charge is -2.37. The lowest BCUT2D eigenvalue weighted by molar-refractivity contribution is 0.322. The lowest BCUT2D eigenvalue weighted by Crippen LogP contribution is -2.56. The zero-order valence-electron chi connectivity index (χ0n) is 5.89. The molecule has 0 aromatic heterocycles. The number of hydrogen-bond donors (Lipinski definition) is 2. The third kappa shape index (κ3) is 1.10. The Labute approximate surface area is 66.4 Å². The van der Waals surface area contributed by atoms with Crippen LogP contribution in [0.25, 0.3) is 0 Å². The molecule has 0 radical (unpaired) electrons. The molecule has 0 aromatic carbocycles. The van der Waals surface area contributed by atoms with Crippen LogP contribution in [0.1, 0.15) is 25.7 Å². The molecule has 2 nitrogen and oxygen atoms in total. The van der Waals surface area contributed by atoms with Crippen LogP contribution < -0.4 is 10.6 Å². The summed E-state index contributed by atoms with van der Waals surface area (Å²) in [6.07, 6.45) is 5.22. The van der Waals surface area contributed by atoms with Gasteiger partial charge in [0, 0.05) is 12.1 Å². The molecule has 0 amide bonds. The van der Waals surface area contributed by atoms with Crippen LogP contribution in [0.4, 0.5) is 0 Å². The molecule has 10 heavy (non-hydrogen) atoms. The molecule has 1 heterocycles. The van der Waals surface area contributed by atoms with E-state index in [-0.39, 0.29) is 0 Å². The maximum Gasteiger partial charge on any atom is 0.166 e. The van der Waals surface area contributed by atoms with Gasteiger partial charge in [0.25, 0.3) is 0 Å². The molecule has 56 valence electrons. The molecule has 2 aliphatic rings. The van der Waals surface area contributed by atoms with E-state index in [0.29, 0.717) is 12.1 Å². The highest BCUT2D eigenvalue weighted by Crippen LogP contribution is 2.20. The zero-order valence-corrected chi connectivity index (χ0v) is 6.71. The lowest BCUT2D eigenvalue weighted by atomic mass is 9.90. The van der Waals surface area contributed by atoms with Gasteiger partial charge in [0.15, 0.2) is 5.11 Å². The topological polar surface area (TPSA) is 24.1 Å². The van der Waals surface area contributed by atoms with Gasteiger partial charge in [0.2, 0.25) is 0 Å². The number of fused-ring (bicyclic) bond motifs is 2. The normalized spacial score (nSPS) is 38.2. The molecule has 1 saturated heterocycles. The fourth-order valence-corrected chi connectivity index (χ4v) is 2.20. The molecule has 0 unspecified atom stereocenters. The molecule has 2 fully saturated rings. The molecule has 1 aliphatic carbocycles. The Morgan fingerprint density at radius 2 is 1.80 bits per heavy atom. The van der Waals surface area contributed by atoms with Crippen LogP contribution in [0.2, 0.25) is 0 Å². The van der Waals surface area contributed by atoms with Crippen molar-refractivity contribution in [2.45, 2.75) is 37.8 Å². The third-order valence-corrected chi connectivity index (χ3v) is 2.58. The number of rotatable bonds is 0. The predicted octanol–water partition coefficient (Wildman–Crippen LogP) is 0.775. The van der Waals surface area contributed by atoms with Crippen molar-refractivity contribution in [2.24, 2.45) is 0 Å². The summed E-state index contributed by atoms with van der Waals surface area (Å²) in [7, 11) is 0. The first-order chi connectivity index (χ1) is 4.84. The van der Waals surface area contributed by atoms with Crippen LogP contribution in [0.3, 0.4) is 0 Å². The van der Waals surface area contributed by atoms with E-state index in [1.54, 1.807) is 0 Å². The predicted molar refractivity (Wildman–Crippen MR) is 44.9 cm³/mol. The number of nitrogens with one attached hydrogen (secondary N) is 2. The Morgan fingerprint density at radius 3 is 2.40 bits per heavy atom. The molecule has 0 spiro atoms. The van der Waals surface area contributed by atoms with E-state index < -0.39 is 0 Å². The fraction of sp³-hybridized carbons (Fsp3) is 0.857. The quantitative estimate of drug-likeness (QED) is 0.507. The van der Waals surface area contributed by atoms with Crippen molar-refractivity contribution in [3.05, 3.63) is 0 Å². The summed E-state index contributed by atoms with van der Waals surface area (Å²) in [5.41, 5.74) is 0. The minimum Gasteiger partial charge on any atom is -0.360 e. The van der Waals surface area contributed by atoms with E-state index in [2.05, 4.69) is 10.6 Å². The Balaban J connectivity index is 2.05. The third-order valence-electron chi connectivity index (χ3n) is 2.34. The summed E-state index contributed by atoms with van der Waals surface area (Å²) in [6.45, 7) is 0. The molecule has 1 aliphatic heterocycles. The molecule has 3 heteroatoms. The van der Waals surface area contributed by atoms with Gasteiger partial charge in [-0.2, -0.15) is 0 Å². The Kier molecular flexibility index (Phi) is 1.52. The molecule has 0 aromatic rings.